The standard InChI is InChI=1S/C11H23N/c1-10(2)12-8-5-6-11(3,4)7-9-12/h10H,5-9H2,1-4H3. The molecule has 72 valence electrons. The van der Waals surface area contributed by atoms with Crippen molar-refractivity contribution in [3.63, 3.8) is 0 Å². The van der Waals surface area contributed by atoms with Gasteiger partial charge in [-0.3, -0.25) is 0 Å². The van der Waals surface area contributed by atoms with Crippen LogP contribution in [0.1, 0.15) is 47.0 Å². The summed E-state index contributed by atoms with van der Waals surface area (Å²) in [7, 11) is 0. The molecule has 0 aromatic carbocycles. The molecule has 0 bridgehead atoms. The lowest BCUT2D eigenvalue weighted by Crippen LogP contribution is -2.32. The zero-order valence-corrected chi connectivity index (χ0v) is 9.06. The summed E-state index contributed by atoms with van der Waals surface area (Å²) < 4.78 is 0. The molecule has 1 nitrogen and oxygen atoms in total. The monoisotopic (exact) mass is 169 g/mol. The van der Waals surface area contributed by atoms with Crippen molar-refractivity contribution in [2.75, 3.05) is 13.1 Å². The summed E-state index contributed by atoms with van der Waals surface area (Å²) in [4.78, 5) is 2.61. The summed E-state index contributed by atoms with van der Waals surface area (Å²) in [6.07, 6.45) is 4.15. The van der Waals surface area contributed by atoms with E-state index < -0.39 is 0 Å². The Labute approximate surface area is 77.1 Å². The molecule has 0 unspecified atom stereocenters. The second-order valence-electron chi connectivity index (χ2n) is 5.15. The van der Waals surface area contributed by atoms with Gasteiger partial charge in [-0.2, -0.15) is 0 Å². The van der Waals surface area contributed by atoms with Crippen LogP contribution in [0.15, 0.2) is 0 Å². The van der Waals surface area contributed by atoms with Gasteiger partial charge < -0.3 is 4.90 Å². The molecule has 1 fully saturated rings. The van der Waals surface area contributed by atoms with E-state index in [2.05, 4.69) is 32.6 Å². The molecule has 0 amide bonds. The maximum absolute atomic E-state index is 2.61. The van der Waals surface area contributed by atoms with Crippen LogP contribution in [-0.4, -0.2) is 24.0 Å². The summed E-state index contributed by atoms with van der Waals surface area (Å²) in [5, 5.41) is 0. The highest BCUT2D eigenvalue weighted by molar-refractivity contribution is 4.77. The number of hydrogen-bond acceptors (Lipinski definition) is 1. The largest absolute Gasteiger partial charge is 0.301 e. The van der Waals surface area contributed by atoms with Crippen molar-refractivity contribution in [3.05, 3.63) is 0 Å². The molecular weight excluding hydrogens is 146 g/mol. The van der Waals surface area contributed by atoms with E-state index in [0.29, 0.717) is 5.41 Å². The Balaban J connectivity index is 2.45. The molecule has 1 heterocycles. The van der Waals surface area contributed by atoms with Crippen LogP contribution in [0.4, 0.5) is 0 Å². The number of rotatable bonds is 1. The van der Waals surface area contributed by atoms with Gasteiger partial charge >= 0.3 is 0 Å². The van der Waals surface area contributed by atoms with Crippen molar-refractivity contribution in [3.8, 4) is 0 Å². The molecule has 0 atom stereocenters. The normalized spacial score (nSPS) is 25.8. The molecule has 1 saturated heterocycles. The molecule has 0 N–H and O–H groups in total. The molecule has 0 aliphatic carbocycles. The first-order chi connectivity index (χ1) is 5.51. The Hall–Kier alpha value is -0.0400. The van der Waals surface area contributed by atoms with E-state index in [1.54, 1.807) is 0 Å². The number of nitrogens with zero attached hydrogens (tertiary/aromatic N) is 1. The Morgan fingerprint density at radius 1 is 1.08 bits per heavy atom. The maximum Gasteiger partial charge on any atom is 0.00385 e. The van der Waals surface area contributed by atoms with Crippen LogP contribution in [0.5, 0.6) is 0 Å². The van der Waals surface area contributed by atoms with Gasteiger partial charge in [0.15, 0.2) is 0 Å². The number of likely N-dealkylation sites (tertiary alicyclic amines) is 1. The molecule has 0 saturated carbocycles. The van der Waals surface area contributed by atoms with E-state index in [1.165, 1.54) is 32.4 Å². The van der Waals surface area contributed by atoms with E-state index in [4.69, 9.17) is 0 Å². The average molecular weight is 169 g/mol. The molecule has 1 aliphatic rings. The molecule has 0 spiro atoms. The van der Waals surface area contributed by atoms with Gasteiger partial charge in [-0.15, -0.1) is 0 Å². The Morgan fingerprint density at radius 3 is 2.33 bits per heavy atom. The van der Waals surface area contributed by atoms with Crippen molar-refractivity contribution in [1.82, 2.24) is 4.90 Å². The van der Waals surface area contributed by atoms with Crippen molar-refractivity contribution >= 4 is 0 Å². The Morgan fingerprint density at radius 2 is 1.75 bits per heavy atom. The zero-order valence-electron chi connectivity index (χ0n) is 9.06. The van der Waals surface area contributed by atoms with Gasteiger partial charge in [0.2, 0.25) is 0 Å². The molecule has 12 heavy (non-hydrogen) atoms. The average Bonchev–Trinajstić information content (AvgIpc) is 2.10. The third kappa shape index (κ3) is 2.78. The van der Waals surface area contributed by atoms with E-state index in [0.717, 1.165) is 6.04 Å². The fourth-order valence-electron chi connectivity index (χ4n) is 1.96. The topological polar surface area (TPSA) is 3.24 Å². The quantitative estimate of drug-likeness (QED) is 0.583. The third-order valence-electron chi connectivity index (χ3n) is 3.10. The van der Waals surface area contributed by atoms with E-state index >= 15 is 0 Å². The van der Waals surface area contributed by atoms with Gasteiger partial charge in [0.25, 0.3) is 0 Å². The highest BCUT2D eigenvalue weighted by Gasteiger charge is 2.23. The highest BCUT2D eigenvalue weighted by atomic mass is 15.1. The summed E-state index contributed by atoms with van der Waals surface area (Å²) >= 11 is 0. The Bertz CT molecular complexity index is 138. The van der Waals surface area contributed by atoms with Gasteiger partial charge in [-0.25, -0.2) is 0 Å². The highest BCUT2D eigenvalue weighted by Crippen LogP contribution is 2.30. The summed E-state index contributed by atoms with van der Waals surface area (Å²) in [5.74, 6) is 0. The molecule has 1 rings (SSSR count). The molecule has 0 radical (unpaired) electrons. The lowest BCUT2D eigenvalue weighted by molar-refractivity contribution is 0.219. The van der Waals surface area contributed by atoms with Crippen LogP contribution < -0.4 is 0 Å². The summed E-state index contributed by atoms with van der Waals surface area (Å²) in [6.45, 7) is 12.0. The van der Waals surface area contributed by atoms with Crippen molar-refractivity contribution in [1.29, 1.82) is 0 Å². The van der Waals surface area contributed by atoms with Gasteiger partial charge in [0.1, 0.15) is 0 Å². The minimum atomic E-state index is 0.587. The van der Waals surface area contributed by atoms with Crippen LogP contribution in [0, 0.1) is 5.41 Å². The van der Waals surface area contributed by atoms with Crippen LogP contribution in [0.3, 0.4) is 0 Å². The predicted octanol–water partition coefficient (Wildman–Crippen LogP) is 2.91. The fourth-order valence-corrected chi connectivity index (χ4v) is 1.96. The lowest BCUT2D eigenvalue weighted by atomic mass is 9.85. The van der Waals surface area contributed by atoms with Crippen molar-refractivity contribution in [2.24, 2.45) is 5.41 Å². The van der Waals surface area contributed by atoms with Crippen molar-refractivity contribution < 1.29 is 0 Å². The SMILES string of the molecule is CC(C)N1CCCC(C)(C)CC1. The van der Waals surface area contributed by atoms with Gasteiger partial charge in [0.05, 0.1) is 0 Å². The minimum Gasteiger partial charge on any atom is -0.301 e. The number of hydrogen-bond donors (Lipinski definition) is 0. The van der Waals surface area contributed by atoms with Gasteiger partial charge in [0, 0.05) is 6.04 Å². The summed E-state index contributed by atoms with van der Waals surface area (Å²) in [5.41, 5.74) is 0.587. The predicted molar refractivity (Wildman–Crippen MR) is 54.3 cm³/mol. The Kier molecular flexibility index (Phi) is 3.16. The lowest BCUT2D eigenvalue weighted by Gasteiger charge is -2.25. The van der Waals surface area contributed by atoms with Crippen LogP contribution in [-0.2, 0) is 0 Å². The first kappa shape index (κ1) is 10.0. The van der Waals surface area contributed by atoms with E-state index in [-0.39, 0.29) is 0 Å². The van der Waals surface area contributed by atoms with E-state index in [9.17, 15) is 0 Å². The van der Waals surface area contributed by atoms with Crippen LogP contribution >= 0.6 is 0 Å². The second-order valence-corrected chi connectivity index (χ2v) is 5.15. The van der Waals surface area contributed by atoms with Crippen LogP contribution in [0.2, 0.25) is 0 Å². The van der Waals surface area contributed by atoms with Gasteiger partial charge in [-0.05, 0) is 51.6 Å². The smallest absolute Gasteiger partial charge is 0.00385 e. The van der Waals surface area contributed by atoms with Crippen LogP contribution in [0.25, 0.3) is 0 Å². The fraction of sp³-hybridized carbons (Fsp3) is 1.00. The molecular formula is C11H23N. The molecule has 1 aliphatic heterocycles. The first-order valence-electron chi connectivity index (χ1n) is 5.25. The third-order valence-corrected chi connectivity index (χ3v) is 3.10. The van der Waals surface area contributed by atoms with Crippen molar-refractivity contribution in [2.45, 2.75) is 53.0 Å². The minimum absolute atomic E-state index is 0.587. The maximum atomic E-state index is 2.61. The van der Waals surface area contributed by atoms with Gasteiger partial charge in [-0.1, -0.05) is 13.8 Å². The first-order valence-corrected chi connectivity index (χ1v) is 5.25. The molecule has 1 heteroatoms. The molecule has 0 aromatic rings. The second kappa shape index (κ2) is 3.78. The van der Waals surface area contributed by atoms with E-state index in [1.807, 2.05) is 0 Å². The summed E-state index contributed by atoms with van der Waals surface area (Å²) in [6, 6.07) is 0.735. The molecule has 0 aromatic heterocycles. The zero-order chi connectivity index (χ0) is 9.19.